The highest BCUT2D eigenvalue weighted by atomic mass is 14.6. The topological polar surface area (TPSA) is 0 Å². The van der Waals surface area contributed by atoms with Crippen molar-refractivity contribution in [2.24, 2.45) is 22.2 Å². The first kappa shape index (κ1) is 10.7. The third-order valence-corrected chi connectivity index (χ3v) is 5.45. The van der Waals surface area contributed by atoms with Crippen molar-refractivity contribution in [1.29, 1.82) is 0 Å². The van der Waals surface area contributed by atoms with Gasteiger partial charge in [0.2, 0.25) is 0 Å². The summed E-state index contributed by atoms with van der Waals surface area (Å²) in [6.45, 7) is 17.7. The second-order valence-corrected chi connectivity index (χ2v) is 5.99. The molecule has 0 saturated heterocycles. The summed E-state index contributed by atoms with van der Waals surface area (Å²) < 4.78 is 0. The van der Waals surface area contributed by atoms with Gasteiger partial charge in [0.25, 0.3) is 0 Å². The van der Waals surface area contributed by atoms with Crippen molar-refractivity contribution in [1.82, 2.24) is 0 Å². The molecule has 0 nitrogen and oxygen atoms in total. The quantitative estimate of drug-likeness (QED) is 0.554. The fourth-order valence-electron chi connectivity index (χ4n) is 3.73. The molecule has 0 aromatic heterocycles. The zero-order valence-corrected chi connectivity index (χ0v) is 10.4. The Morgan fingerprint density at radius 3 is 2.47 bits per heavy atom. The molecule has 4 atom stereocenters. The highest BCUT2D eigenvalue weighted by Gasteiger charge is 2.61. The van der Waals surface area contributed by atoms with E-state index in [9.17, 15) is 0 Å². The summed E-state index contributed by atoms with van der Waals surface area (Å²) in [5, 5.41) is 0. The van der Waals surface area contributed by atoms with Crippen molar-refractivity contribution in [3.8, 4) is 0 Å². The SMILES string of the molecule is C=C[C@]1(C)C2(C)C=C[C@]1(C)C(=C)[C@@H](C)C2. The van der Waals surface area contributed by atoms with Crippen LogP contribution < -0.4 is 0 Å². The van der Waals surface area contributed by atoms with Crippen LogP contribution in [0.1, 0.15) is 34.1 Å². The van der Waals surface area contributed by atoms with Crippen LogP contribution in [-0.4, -0.2) is 0 Å². The number of fused-ring (bicyclic) bond motifs is 2. The summed E-state index contributed by atoms with van der Waals surface area (Å²) in [7, 11) is 0. The van der Waals surface area contributed by atoms with Gasteiger partial charge in [0.15, 0.2) is 0 Å². The van der Waals surface area contributed by atoms with E-state index < -0.39 is 0 Å². The summed E-state index contributed by atoms with van der Waals surface area (Å²) in [4.78, 5) is 0. The Bertz CT molecular complexity index is 362. The molecule has 2 aliphatic rings. The summed E-state index contributed by atoms with van der Waals surface area (Å²) >= 11 is 0. The van der Waals surface area contributed by atoms with Crippen molar-refractivity contribution >= 4 is 0 Å². The van der Waals surface area contributed by atoms with E-state index in [0.29, 0.717) is 5.92 Å². The van der Waals surface area contributed by atoms with E-state index in [1.807, 2.05) is 0 Å². The third-order valence-electron chi connectivity index (χ3n) is 5.45. The van der Waals surface area contributed by atoms with E-state index in [4.69, 9.17) is 0 Å². The van der Waals surface area contributed by atoms with Crippen molar-refractivity contribution < 1.29 is 0 Å². The van der Waals surface area contributed by atoms with Crippen LogP contribution in [0.15, 0.2) is 37.0 Å². The zero-order chi connectivity index (χ0) is 11.5. The highest BCUT2D eigenvalue weighted by molar-refractivity contribution is 5.41. The van der Waals surface area contributed by atoms with Crippen molar-refractivity contribution in [3.63, 3.8) is 0 Å². The van der Waals surface area contributed by atoms with Crippen LogP contribution in [0.3, 0.4) is 0 Å². The molecule has 2 rings (SSSR count). The van der Waals surface area contributed by atoms with Crippen LogP contribution in [0.25, 0.3) is 0 Å². The van der Waals surface area contributed by atoms with Gasteiger partial charge in [0.05, 0.1) is 0 Å². The van der Waals surface area contributed by atoms with Crippen LogP contribution in [0, 0.1) is 22.2 Å². The van der Waals surface area contributed by atoms with Crippen LogP contribution in [0.5, 0.6) is 0 Å². The predicted octanol–water partition coefficient (Wildman–Crippen LogP) is 4.36. The van der Waals surface area contributed by atoms with Crippen molar-refractivity contribution in [2.75, 3.05) is 0 Å². The molecule has 2 aliphatic carbocycles. The first-order valence-electron chi connectivity index (χ1n) is 5.84. The number of hydrogen-bond acceptors (Lipinski definition) is 0. The van der Waals surface area contributed by atoms with Gasteiger partial charge in [-0.2, -0.15) is 0 Å². The fraction of sp³-hybridized carbons (Fsp3) is 0.600. The lowest BCUT2D eigenvalue weighted by atomic mass is 9.48. The van der Waals surface area contributed by atoms with Gasteiger partial charge in [-0.15, -0.1) is 6.58 Å². The fourth-order valence-corrected chi connectivity index (χ4v) is 3.73. The molecule has 1 fully saturated rings. The van der Waals surface area contributed by atoms with Crippen molar-refractivity contribution in [3.05, 3.63) is 37.0 Å². The third kappa shape index (κ3) is 0.934. The minimum Gasteiger partial charge on any atom is -0.102 e. The predicted molar refractivity (Wildman–Crippen MR) is 66.6 cm³/mol. The number of hydrogen-bond donors (Lipinski definition) is 0. The Balaban J connectivity index is 2.63. The van der Waals surface area contributed by atoms with E-state index in [2.05, 4.69) is 59.1 Å². The monoisotopic (exact) mass is 202 g/mol. The molecular weight excluding hydrogens is 180 g/mol. The number of rotatable bonds is 1. The lowest BCUT2D eigenvalue weighted by Crippen LogP contribution is -2.48. The van der Waals surface area contributed by atoms with Gasteiger partial charge in [0.1, 0.15) is 0 Å². The van der Waals surface area contributed by atoms with Crippen LogP contribution in [0.4, 0.5) is 0 Å². The molecule has 0 aromatic rings. The Morgan fingerprint density at radius 1 is 1.33 bits per heavy atom. The summed E-state index contributed by atoms with van der Waals surface area (Å²) in [6, 6.07) is 0. The smallest absolute Gasteiger partial charge is 0.0159 e. The molecule has 1 unspecified atom stereocenters. The van der Waals surface area contributed by atoms with Gasteiger partial charge in [-0.1, -0.05) is 58.1 Å². The van der Waals surface area contributed by atoms with Crippen LogP contribution >= 0.6 is 0 Å². The Morgan fingerprint density at radius 2 is 1.93 bits per heavy atom. The maximum absolute atomic E-state index is 4.32. The lowest BCUT2D eigenvalue weighted by molar-refractivity contribution is 0.0448. The molecular formula is C15H22. The number of allylic oxidation sites excluding steroid dienone is 4. The molecule has 0 amide bonds. The molecule has 0 N–H and O–H groups in total. The Kier molecular flexibility index (Phi) is 1.91. The Hall–Kier alpha value is -0.780. The molecule has 2 bridgehead atoms. The molecule has 0 aromatic carbocycles. The van der Waals surface area contributed by atoms with Crippen molar-refractivity contribution in [2.45, 2.75) is 34.1 Å². The van der Waals surface area contributed by atoms with E-state index in [0.717, 1.165) is 0 Å². The highest BCUT2D eigenvalue weighted by Crippen LogP contribution is 2.68. The van der Waals surface area contributed by atoms with E-state index >= 15 is 0 Å². The minimum absolute atomic E-state index is 0.0984. The molecule has 15 heavy (non-hydrogen) atoms. The van der Waals surface area contributed by atoms with E-state index in [1.54, 1.807) is 0 Å². The largest absolute Gasteiger partial charge is 0.102 e. The molecule has 0 radical (unpaired) electrons. The Labute approximate surface area is 93.8 Å². The standard InChI is InChI=1S/C15H22/c1-7-15(6)13(4)8-9-14(15,5)12(3)11(2)10-13/h7-9,11H,1,3,10H2,2,4-6H3/t11-,13?,14+,15+/m0/s1. The van der Waals surface area contributed by atoms with Gasteiger partial charge in [-0.05, 0) is 17.8 Å². The van der Waals surface area contributed by atoms with Crippen LogP contribution in [0.2, 0.25) is 0 Å². The second kappa shape index (κ2) is 2.66. The average Bonchev–Trinajstić information content (AvgIpc) is 2.34. The van der Waals surface area contributed by atoms with Gasteiger partial charge < -0.3 is 0 Å². The van der Waals surface area contributed by atoms with Gasteiger partial charge in [0, 0.05) is 10.8 Å². The molecule has 0 aliphatic heterocycles. The molecule has 0 heterocycles. The molecule has 1 saturated carbocycles. The van der Waals surface area contributed by atoms with E-state index in [-0.39, 0.29) is 16.2 Å². The summed E-state index contributed by atoms with van der Waals surface area (Å²) in [6.07, 6.45) is 8.09. The van der Waals surface area contributed by atoms with Crippen LogP contribution in [-0.2, 0) is 0 Å². The average molecular weight is 202 g/mol. The zero-order valence-electron chi connectivity index (χ0n) is 10.4. The minimum atomic E-state index is 0.0984. The maximum Gasteiger partial charge on any atom is 0.0159 e. The normalized spacial score (nSPS) is 53.3. The maximum atomic E-state index is 4.32. The molecule has 0 heteroatoms. The second-order valence-electron chi connectivity index (χ2n) is 5.99. The van der Waals surface area contributed by atoms with Gasteiger partial charge in [-0.25, -0.2) is 0 Å². The summed E-state index contributed by atoms with van der Waals surface area (Å²) in [5.74, 6) is 0.614. The van der Waals surface area contributed by atoms with Gasteiger partial charge in [-0.3, -0.25) is 0 Å². The lowest BCUT2D eigenvalue weighted by Gasteiger charge is -2.55. The first-order chi connectivity index (χ1) is 6.81. The van der Waals surface area contributed by atoms with Gasteiger partial charge >= 0.3 is 0 Å². The summed E-state index contributed by atoms with van der Waals surface area (Å²) in [5.41, 5.74) is 1.85. The molecule has 82 valence electrons. The van der Waals surface area contributed by atoms with E-state index in [1.165, 1.54) is 12.0 Å². The molecule has 0 spiro atoms. The first-order valence-corrected chi connectivity index (χ1v) is 5.84.